The summed E-state index contributed by atoms with van der Waals surface area (Å²) in [5, 5.41) is 5.15. The van der Waals surface area contributed by atoms with Gasteiger partial charge in [0.25, 0.3) is 0 Å². The van der Waals surface area contributed by atoms with Crippen LogP contribution in [0.25, 0.3) is 0 Å². The first-order valence-corrected chi connectivity index (χ1v) is 8.53. The molecule has 7 nitrogen and oxygen atoms in total. The highest BCUT2D eigenvalue weighted by Crippen LogP contribution is 2.34. The van der Waals surface area contributed by atoms with Crippen LogP contribution in [0.3, 0.4) is 0 Å². The molecule has 21 heavy (non-hydrogen) atoms. The zero-order valence-corrected chi connectivity index (χ0v) is 12.3. The van der Waals surface area contributed by atoms with Gasteiger partial charge in [0, 0.05) is 18.7 Å². The summed E-state index contributed by atoms with van der Waals surface area (Å²) in [7, 11) is -3.84. The minimum atomic E-state index is -3.84. The molecular formula is C13H18N2O5S. The molecule has 1 atom stereocenters. The van der Waals surface area contributed by atoms with Gasteiger partial charge in [0.1, 0.15) is 16.7 Å². The molecule has 0 radical (unpaired) electrons. The lowest BCUT2D eigenvalue weighted by molar-refractivity contribution is 0.0253. The van der Waals surface area contributed by atoms with Gasteiger partial charge in [-0.15, -0.1) is 0 Å². The first-order chi connectivity index (χ1) is 9.95. The summed E-state index contributed by atoms with van der Waals surface area (Å²) in [6.07, 6.45) is 4.74. The van der Waals surface area contributed by atoms with Gasteiger partial charge in [0.15, 0.2) is 0 Å². The lowest BCUT2D eigenvalue weighted by Crippen LogP contribution is -2.24. The van der Waals surface area contributed by atoms with Crippen molar-refractivity contribution in [3.05, 3.63) is 18.0 Å². The second-order valence-corrected chi connectivity index (χ2v) is 7.05. The van der Waals surface area contributed by atoms with Gasteiger partial charge in [-0.2, -0.15) is 0 Å². The van der Waals surface area contributed by atoms with E-state index in [9.17, 15) is 13.2 Å². The summed E-state index contributed by atoms with van der Waals surface area (Å²) in [6, 6.07) is 1.44. The van der Waals surface area contributed by atoms with Crippen molar-refractivity contribution in [1.29, 1.82) is 0 Å². The quantitative estimate of drug-likeness (QED) is 0.829. The number of sulfonamides is 1. The van der Waals surface area contributed by atoms with Gasteiger partial charge in [-0.05, 0) is 25.3 Å². The molecule has 0 amide bonds. The maximum Gasteiger partial charge on any atom is 0.355 e. The van der Waals surface area contributed by atoms with Gasteiger partial charge < -0.3 is 14.0 Å². The molecule has 2 aliphatic rings. The van der Waals surface area contributed by atoms with Crippen LogP contribution in [0.15, 0.2) is 17.2 Å². The average Bonchev–Trinajstić information content (AvgIpc) is 2.94. The van der Waals surface area contributed by atoms with Crippen LogP contribution in [0, 0.1) is 0 Å². The molecule has 0 spiro atoms. The van der Waals surface area contributed by atoms with Crippen LogP contribution in [-0.4, -0.2) is 38.3 Å². The van der Waals surface area contributed by atoms with Crippen LogP contribution >= 0.6 is 0 Å². The fourth-order valence-corrected chi connectivity index (χ4v) is 3.09. The minimum absolute atomic E-state index is 0.0518. The third kappa shape index (κ3) is 2.97. The number of ether oxygens (including phenoxy) is 2. The van der Waals surface area contributed by atoms with E-state index in [1.807, 2.05) is 0 Å². The first-order valence-electron chi connectivity index (χ1n) is 6.98. The van der Waals surface area contributed by atoms with Crippen molar-refractivity contribution < 1.29 is 22.7 Å². The summed E-state index contributed by atoms with van der Waals surface area (Å²) < 4.78 is 35.2. The van der Waals surface area contributed by atoms with E-state index in [1.165, 1.54) is 12.3 Å². The number of nitrogens with two attached hydrogens (primary N) is 1. The summed E-state index contributed by atoms with van der Waals surface area (Å²) in [5.74, 6) is -0.521. The Bertz CT molecular complexity index is 642. The van der Waals surface area contributed by atoms with Crippen molar-refractivity contribution in [2.75, 3.05) is 13.2 Å². The van der Waals surface area contributed by atoms with E-state index in [2.05, 4.69) is 0 Å². The second kappa shape index (κ2) is 5.43. The topological polar surface area (TPSA) is 101 Å². The normalized spacial score (nSPS) is 23.0. The van der Waals surface area contributed by atoms with Gasteiger partial charge >= 0.3 is 5.97 Å². The number of carbonyl (C=O) groups excluding carboxylic acids is 1. The summed E-state index contributed by atoms with van der Waals surface area (Å²) >= 11 is 0. The summed E-state index contributed by atoms with van der Waals surface area (Å²) in [4.78, 5) is 12.2. The van der Waals surface area contributed by atoms with Crippen LogP contribution < -0.4 is 5.14 Å². The molecule has 1 unspecified atom stereocenters. The van der Waals surface area contributed by atoms with Crippen molar-refractivity contribution in [2.45, 2.75) is 42.7 Å². The Morgan fingerprint density at radius 3 is 2.67 bits per heavy atom. The molecule has 1 aliphatic carbocycles. The fourth-order valence-electron chi connectivity index (χ4n) is 2.56. The molecular weight excluding hydrogens is 296 g/mol. The van der Waals surface area contributed by atoms with Crippen LogP contribution in [0.5, 0.6) is 0 Å². The van der Waals surface area contributed by atoms with Crippen molar-refractivity contribution in [2.24, 2.45) is 5.14 Å². The fraction of sp³-hybridized carbons (Fsp3) is 0.615. The Hall–Kier alpha value is -1.38. The molecule has 1 aromatic rings. The SMILES string of the molecule is NS(=O)(=O)c1cc(C(=O)OC2CCOC2)n(C2CCC2)c1. The first kappa shape index (κ1) is 14.6. The van der Waals surface area contributed by atoms with E-state index in [1.54, 1.807) is 4.57 Å². The summed E-state index contributed by atoms with van der Waals surface area (Å²) in [6.45, 7) is 0.960. The maximum atomic E-state index is 12.3. The average molecular weight is 314 g/mol. The van der Waals surface area contributed by atoms with Gasteiger partial charge in [-0.3, -0.25) is 0 Å². The largest absolute Gasteiger partial charge is 0.455 e. The molecule has 0 aromatic carbocycles. The predicted molar refractivity (Wildman–Crippen MR) is 73.3 cm³/mol. The predicted octanol–water partition coefficient (Wildman–Crippen LogP) is 0.806. The van der Waals surface area contributed by atoms with E-state index in [0.717, 1.165) is 19.3 Å². The Morgan fingerprint density at radius 2 is 2.14 bits per heavy atom. The van der Waals surface area contributed by atoms with Gasteiger partial charge in [-0.1, -0.05) is 0 Å². The zero-order valence-electron chi connectivity index (χ0n) is 11.5. The molecule has 1 aliphatic heterocycles. The van der Waals surface area contributed by atoms with Crippen LogP contribution in [-0.2, 0) is 19.5 Å². The highest BCUT2D eigenvalue weighted by atomic mass is 32.2. The van der Waals surface area contributed by atoms with E-state index in [0.29, 0.717) is 19.6 Å². The Morgan fingerprint density at radius 1 is 1.38 bits per heavy atom. The Kier molecular flexibility index (Phi) is 3.76. The third-order valence-electron chi connectivity index (χ3n) is 3.99. The molecule has 3 rings (SSSR count). The zero-order chi connectivity index (χ0) is 15.0. The number of carbonyl (C=O) groups is 1. The van der Waals surface area contributed by atoms with E-state index in [-0.39, 0.29) is 22.7 Å². The molecule has 116 valence electrons. The number of rotatable bonds is 4. The minimum Gasteiger partial charge on any atom is -0.455 e. The van der Waals surface area contributed by atoms with Crippen molar-refractivity contribution >= 4 is 16.0 Å². The maximum absolute atomic E-state index is 12.3. The molecule has 2 heterocycles. The van der Waals surface area contributed by atoms with Crippen molar-refractivity contribution in [3.8, 4) is 0 Å². The van der Waals surface area contributed by atoms with Crippen molar-refractivity contribution in [3.63, 3.8) is 0 Å². The molecule has 0 bridgehead atoms. The number of nitrogens with zero attached hydrogens (tertiary/aromatic N) is 1. The molecule has 1 saturated heterocycles. The highest BCUT2D eigenvalue weighted by Gasteiger charge is 2.29. The van der Waals surface area contributed by atoms with Gasteiger partial charge in [0.2, 0.25) is 10.0 Å². The van der Waals surface area contributed by atoms with Crippen molar-refractivity contribution in [1.82, 2.24) is 4.57 Å². The highest BCUT2D eigenvalue weighted by molar-refractivity contribution is 7.89. The van der Waals surface area contributed by atoms with E-state index >= 15 is 0 Å². The van der Waals surface area contributed by atoms with Crippen LogP contribution in [0.4, 0.5) is 0 Å². The lowest BCUT2D eigenvalue weighted by Gasteiger charge is -2.28. The lowest BCUT2D eigenvalue weighted by atomic mass is 9.93. The van der Waals surface area contributed by atoms with E-state index in [4.69, 9.17) is 14.6 Å². The third-order valence-corrected chi connectivity index (χ3v) is 4.87. The van der Waals surface area contributed by atoms with Crippen LogP contribution in [0.2, 0.25) is 0 Å². The van der Waals surface area contributed by atoms with Gasteiger partial charge in [-0.25, -0.2) is 18.4 Å². The number of primary sulfonamides is 1. The van der Waals surface area contributed by atoms with E-state index < -0.39 is 16.0 Å². The summed E-state index contributed by atoms with van der Waals surface area (Å²) in [5.41, 5.74) is 0.246. The standard InChI is InChI=1S/C13H18N2O5S/c14-21(17,18)11-6-12(15(7-11)9-2-1-3-9)13(16)20-10-4-5-19-8-10/h6-7,9-10H,1-5,8H2,(H2,14,17,18). The Balaban J connectivity index is 1.87. The number of hydrogen-bond acceptors (Lipinski definition) is 5. The smallest absolute Gasteiger partial charge is 0.355 e. The van der Waals surface area contributed by atoms with Gasteiger partial charge in [0.05, 0.1) is 13.2 Å². The second-order valence-electron chi connectivity index (χ2n) is 5.49. The number of aromatic nitrogens is 1. The molecule has 2 fully saturated rings. The molecule has 1 aromatic heterocycles. The van der Waals surface area contributed by atoms with Crippen LogP contribution in [0.1, 0.15) is 42.2 Å². The number of hydrogen-bond donors (Lipinski definition) is 1. The number of esters is 1. The molecule has 8 heteroatoms. The Labute approximate surface area is 123 Å². The monoisotopic (exact) mass is 314 g/mol. The molecule has 1 saturated carbocycles. The molecule has 2 N–H and O–H groups in total.